The van der Waals surface area contributed by atoms with Gasteiger partial charge in [0, 0.05) is 0 Å². The van der Waals surface area contributed by atoms with Crippen molar-refractivity contribution < 1.29 is 26.2 Å². The molecule has 1 unspecified atom stereocenters. The van der Waals surface area contributed by atoms with Crippen LogP contribution in [-0.2, 0) is 26.2 Å². The maximum absolute atomic E-state index is 4.36. The van der Waals surface area contributed by atoms with E-state index in [1.807, 2.05) is 64.2 Å². The quantitative estimate of drug-likeness (QED) is 0.384. The van der Waals surface area contributed by atoms with Gasteiger partial charge in [0.1, 0.15) is 0 Å². The molecule has 3 fully saturated rings. The van der Waals surface area contributed by atoms with Gasteiger partial charge >= 0.3 is 26.2 Å². The van der Waals surface area contributed by atoms with Gasteiger partial charge in [0.15, 0.2) is 0 Å². The minimum atomic E-state index is 0. The molecule has 0 bridgehead atoms. The molecule has 4 rings (SSSR count). The summed E-state index contributed by atoms with van der Waals surface area (Å²) in [5, 5.41) is 0. The van der Waals surface area contributed by atoms with E-state index in [9.17, 15) is 0 Å². The molecule has 3 aliphatic carbocycles. The second-order valence-electron chi connectivity index (χ2n) is 7.69. The normalized spacial score (nSPS) is 19.1. The van der Waals surface area contributed by atoms with Gasteiger partial charge in [-0.05, 0) is 71.1 Å². The van der Waals surface area contributed by atoms with Crippen LogP contribution >= 0.6 is 0 Å². The van der Waals surface area contributed by atoms with Gasteiger partial charge in [-0.15, -0.1) is 5.92 Å². The molecule has 0 nitrogen and oxygen atoms in total. The first kappa shape index (κ1) is 30.1. The van der Waals surface area contributed by atoms with E-state index in [4.69, 9.17) is 0 Å². The van der Waals surface area contributed by atoms with Crippen molar-refractivity contribution in [3.63, 3.8) is 0 Å². The predicted octanol–water partition coefficient (Wildman–Crippen LogP) is 8.15. The van der Waals surface area contributed by atoms with Gasteiger partial charge in [-0.3, -0.25) is 0 Å². The molecule has 3 saturated carbocycles. The molecule has 160 valence electrons. The van der Waals surface area contributed by atoms with Crippen molar-refractivity contribution >= 4 is 0 Å². The van der Waals surface area contributed by atoms with Gasteiger partial charge in [-0.25, -0.2) is 0 Å². The number of aryl methyl sites for hydroxylation is 1. The Kier molecular flexibility index (Phi) is 21.0. The van der Waals surface area contributed by atoms with Crippen molar-refractivity contribution in [2.24, 2.45) is 5.92 Å². The molecule has 1 aromatic rings. The predicted molar refractivity (Wildman–Crippen MR) is 129 cm³/mol. The Labute approximate surface area is 209 Å². The monoisotopic (exact) mass is 478 g/mol. The fourth-order valence-corrected chi connectivity index (χ4v) is 3.26. The van der Waals surface area contributed by atoms with Gasteiger partial charge < -0.3 is 13.8 Å². The summed E-state index contributed by atoms with van der Waals surface area (Å²) in [5.74, 6) is 1.33. The van der Waals surface area contributed by atoms with Gasteiger partial charge in [0.2, 0.25) is 0 Å². The van der Waals surface area contributed by atoms with E-state index < -0.39 is 0 Å². The Morgan fingerprint density at radius 3 is 1.47 bits per heavy atom. The van der Waals surface area contributed by atoms with E-state index in [0.29, 0.717) is 5.92 Å². The Morgan fingerprint density at radius 1 is 0.767 bits per heavy atom. The third kappa shape index (κ3) is 15.0. The molecule has 30 heavy (non-hydrogen) atoms. The summed E-state index contributed by atoms with van der Waals surface area (Å²) < 4.78 is 0. The van der Waals surface area contributed by atoms with Crippen molar-refractivity contribution in [3.8, 4) is 0 Å². The SMILES string of the molecule is [CH2-]C(c1ccc(C)cc1)C1CCCCC1.[CH2-]CCC.[CH]1[CH][CH][CH][CH]1.[CH]1[CH][CH][CH][CH]1.[Zr+2]. The molecule has 0 heterocycles. The largest absolute Gasteiger partial charge is 2.00 e. The van der Waals surface area contributed by atoms with E-state index in [-0.39, 0.29) is 26.2 Å². The van der Waals surface area contributed by atoms with Crippen LogP contribution in [-0.4, -0.2) is 0 Å². The minimum absolute atomic E-state index is 0. The van der Waals surface area contributed by atoms with Crippen molar-refractivity contribution in [2.75, 3.05) is 0 Å². The fourth-order valence-electron chi connectivity index (χ4n) is 3.26. The van der Waals surface area contributed by atoms with E-state index in [0.717, 1.165) is 12.3 Å². The van der Waals surface area contributed by atoms with Crippen molar-refractivity contribution in [1.29, 1.82) is 0 Å². The average Bonchev–Trinajstić information content (AvgIpc) is 3.54. The van der Waals surface area contributed by atoms with Crippen LogP contribution in [0.5, 0.6) is 0 Å². The molecular formula is C29H40Zr. The average molecular weight is 480 g/mol. The second-order valence-corrected chi connectivity index (χ2v) is 7.69. The summed E-state index contributed by atoms with van der Waals surface area (Å²) in [4.78, 5) is 0. The topological polar surface area (TPSA) is 0 Å². The first-order chi connectivity index (χ1) is 14.2. The molecule has 0 N–H and O–H groups in total. The summed E-state index contributed by atoms with van der Waals surface area (Å²) >= 11 is 0. The molecule has 0 spiro atoms. The number of hydrogen-bond acceptors (Lipinski definition) is 0. The van der Waals surface area contributed by atoms with Crippen LogP contribution in [0.15, 0.2) is 24.3 Å². The maximum Gasteiger partial charge on any atom is 2.00 e. The van der Waals surface area contributed by atoms with Crippen LogP contribution < -0.4 is 0 Å². The minimum Gasteiger partial charge on any atom is -0.343 e. The number of hydrogen-bond donors (Lipinski definition) is 0. The van der Waals surface area contributed by atoms with Crippen molar-refractivity contribution in [3.05, 3.63) is 113 Å². The van der Waals surface area contributed by atoms with Crippen LogP contribution in [0.1, 0.15) is 68.9 Å². The molecule has 1 heteroatoms. The number of unbranched alkanes of at least 4 members (excludes halogenated alkanes) is 1. The fraction of sp³-hybridized carbons (Fsp3) is 0.379. The van der Waals surface area contributed by atoms with Crippen LogP contribution in [0.25, 0.3) is 0 Å². The van der Waals surface area contributed by atoms with Crippen LogP contribution in [0.2, 0.25) is 0 Å². The maximum atomic E-state index is 4.36. The zero-order valence-electron chi connectivity index (χ0n) is 19.1. The number of rotatable bonds is 3. The van der Waals surface area contributed by atoms with Gasteiger partial charge in [-0.2, -0.15) is 6.42 Å². The van der Waals surface area contributed by atoms with Gasteiger partial charge in [-0.1, -0.05) is 86.8 Å². The van der Waals surface area contributed by atoms with Crippen molar-refractivity contribution in [2.45, 2.75) is 64.7 Å². The molecule has 1 atom stereocenters. The summed E-state index contributed by atoms with van der Waals surface area (Å²) in [7, 11) is 0. The standard InChI is InChI=1S/C15H21.2C5H5.C4H9.Zr/c1-12-8-10-15(11-9-12)13(2)14-6-4-3-5-7-14;2*1-2-4-5-3-1;1-3-4-2;/h8-11,13-14H,2-7H2,1H3;2*1-5H;1,3-4H2,2H3;/q-1;;;-1;+2. The third-order valence-corrected chi connectivity index (χ3v) is 5.19. The summed E-state index contributed by atoms with van der Waals surface area (Å²) in [6.07, 6.45) is 29.3. The van der Waals surface area contributed by atoms with Crippen LogP contribution in [0.4, 0.5) is 0 Å². The Bertz CT molecular complexity index is 423. The van der Waals surface area contributed by atoms with E-state index >= 15 is 0 Å². The molecule has 0 amide bonds. The second kappa shape index (κ2) is 21.0. The van der Waals surface area contributed by atoms with Crippen molar-refractivity contribution in [1.82, 2.24) is 0 Å². The van der Waals surface area contributed by atoms with E-state index in [1.54, 1.807) is 0 Å². The summed E-state index contributed by atoms with van der Waals surface area (Å²) in [6, 6.07) is 8.91. The van der Waals surface area contributed by atoms with Gasteiger partial charge in [0.05, 0.1) is 0 Å². The van der Waals surface area contributed by atoms with Crippen LogP contribution in [0.3, 0.4) is 0 Å². The Hall–Kier alpha value is 0.103. The zero-order valence-corrected chi connectivity index (χ0v) is 21.6. The van der Waals surface area contributed by atoms with E-state index in [2.05, 4.69) is 52.0 Å². The Balaban J connectivity index is 0.000000459. The van der Waals surface area contributed by atoms with Crippen LogP contribution in [0, 0.1) is 90.9 Å². The Morgan fingerprint density at radius 2 is 1.13 bits per heavy atom. The molecule has 0 aliphatic heterocycles. The first-order valence-corrected chi connectivity index (χ1v) is 11.2. The molecule has 0 aromatic heterocycles. The first-order valence-electron chi connectivity index (χ1n) is 11.2. The molecule has 1 aromatic carbocycles. The number of benzene rings is 1. The van der Waals surface area contributed by atoms with E-state index in [1.165, 1.54) is 49.7 Å². The molecular weight excluding hydrogens is 440 g/mol. The molecule has 0 saturated heterocycles. The summed E-state index contributed by atoms with van der Waals surface area (Å²) in [6.45, 7) is 12.2. The van der Waals surface area contributed by atoms with Gasteiger partial charge in [0.25, 0.3) is 0 Å². The smallest absolute Gasteiger partial charge is 0.343 e. The molecule has 10 radical (unpaired) electrons. The zero-order chi connectivity index (χ0) is 21.2. The molecule has 3 aliphatic rings. The third-order valence-electron chi connectivity index (χ3n) is 5.19. The summed E-state index contributed by atoms with van der Waals surface area (Å²) in [5.41, 5.74) is 2.77.